The van der Waals surface area contributed by atoms with Gasteiger partial charge in [-0.3, -0.25) is 4.79 Å². The van der Waals surface area contributed by atoms with Crippen LogP contribution in [0.25, 0.3) is 0 Å². The minimum absolute atomic E-state index is 0.240. The molecule has 1 rings (SSSR count). The molecule has 0 radical (unpaired) electrons. The van der Waals surface area contributed by atoms with Gasteiger partial charge in [-0.2, -0.15) is 0 Å². The smallest absolute Gasteiger partial charge is 0.224 e. The molecule has 0 aromatic rings. The van der Waals surface area contributed by atoms with Crippen LogP contribution >= 0.6 is 0 Å². The Bertz CT molecular complexity index is 223. The number of piperazine rings is 1. The van der Waals surface area contributed by atoms with Crippen molar-refractivity contribution < 1.29 is 9.53 Å². The van der Waals surface area contributed by atoms with Crippen LogP contribution in [-0.4, -0.2) is 61.6 Å². The predicted octanol–water partition coefficient (Wildman–Crippen LogP) is 1.21. The van der Waals surface area contributed by atoms with Crippen LogP contribution < -0.4 is 0 Å². The van der Waals surface area contributed by atoms with Crippen LogP contribution in [0.15, 0.2) is 0 Å². The molecule has 0 N–H and O–H groups in total. The van der Waals surface area contributed by atoms with Crippen molar-refractivity contribution in [3.63, 3.8) is 0 Å². The number of rotatable bonds is 6. The maximum Gasteiger partial charge on any atom is 0.224 e. The molecule has 1 saturated heterocycles. The predicted molar refractivity (Wildman–Crippen MR) is 69.0 cm³/mol. The average Bonchev–Trinajstić information content (AvgIpc) is 2.34. The van der Waals surface area contributed by atoms with Crippen LogP contribution in [0, 0.1) is 5.92 Å². The zero-order chi connectivity index (χ0) is 12.7. The first-order valence-corrected chi connectivity index (χ1v) is 6.71. The summed E-state index contributed by atoms with van der Waals surface area (Å²) in [6.45, 7) is 12.5. The molecular formula is C13H26N2O2. The second-order valence-electron chi connectivity index (χ2n) is 5.03. The highest BCUT2D eigenvalue weighted by Gasteiger charge is 2.19. The van der Waals surface area contributed by atoms with E-state index < -0.39 is 0 Å². The summed E-state index contributed by atoms with van der Waals surface area (Å²) in [4.78, 5) is 16.2. The maximum absolute atomic E-state index is 11.9. The third kappa shape index (κ3) is 5.50. The first-order valence-electron chi connectivity index (χ1n) is 6.71. The van der Waals surface area contributed by atoms with Crippen molar-refractivity contribution in [2.45, 2.75) is 27.2 Å². The molecular weight excluding hydrogens is 216 g/mol. The van der Waals surface area contributed by atoms with Gasteiger partial charge in [0, 0.05) is 32.8 Å². The number of likely N-dealkylation sites (N-methyl/N-ethyl adjacent to an activating group) is 1. The van der Waals surface area contributed by atoms with E-state index in [1.807, 2.05) is 4.90 Å². The highest BCUT2D eigenvalue weighted by molar-refractivity contribution is 5.76. The van der Waals surface area contributed by atoms with E-state index in [1.54, 1.807) is 0 Å². The third-order valence-electron chi connectivity index (χ3n) is 3.08. The van der Waals surface area contributed by atoms with Crippen LogP contribution in [0.3, 0.4) is 0 Å². The molecule has 0 bridgehead atoms. The molecule has 0 saturated carbocycles. The van der Waals surface area contributed by atoms with E-state index in [2.05, 4.69) is 25.7 Å². The van der Waals surface area contributed by atoms with Crippen LogP contribution in [0.2, 0.25) is 0 Å². The summed E-state index contributed by atoms with van der Waals surface area (Å²) in [5.74, 6) is 0.780. The summed E-state index contributed by atoms with van der Waals surface area (Å²) >= 11 is 0. The van der Waals surface area contributed by atoms with Gasteiger partial charge in [-0.15, -0.1) is 0 Å². The SMILES string of the molecule is CCN1CCN(C(=O)CCOCC(C)C)CC1. The van der Waals surface area contributed by atoms with Crippen molar-refractivity contribution in [3.8, 4) is 0 Å². The minimum atomic E-state index is 0.240. The molecule has 4 heteroatoms. The van der Waals surface area contributed by atoms with E-state index in [0.29, 0.717) is 18.9 Å². The van der Waals surface area contributed by atoms with Gasteiger partial charge in [0.05, 0.1) is 13.0 Å². The summed E-state index contributed by atoms with van der Waals surface area (Å²) < 4.78 is 5.44. The highest BCUT2D eigenvalue weighted by atomic mass is 16.5. The molecule has 1 aliphatic heterocycles. The topological polar surface area (TPSA) is 32.8 Å². The Morgan fingerprint density at radius 3 is 2.41 bits per heavy atom. The molecule has 17 heavy (non-hydrogen) atoms. The molecule has 0 aliphatic carbocycles. The molecule has 0 unspecified atom stereocenters. The van der Waals surface area contributed by atoms with Crippen molar-refractivity contribution >= 4 is 5.91 Å². The fourth-order valence-corrected chi connectivity index (χ4v) is 1.95. The lowest BCUT2D eigenvalue weighted by molar-refractivity contribution is -0.134. The first-order chi connectivity index (χ1) is 8.13. The third-order valence-corrected chi connectivity index (χ3v) is 3.08. The molecule has 0 atom stereocenters. The van der Waals surface area contributed by atoms with Gasteiger partial charge in [-0.1, -0.05) is 20.8 Å². The summed E-state index contributed by atoms with van der Waals surface area (Å²) in [6, 6.07) is 0. The number of nitrogens with zero attached hydrogens (tertiary/aromatic N) is 2. The van der Waals surface area contributed by atoms with Gasteiger partial charge in [0.25, 0.3) is 0 Å². The van der Waals surface area contributed by atoms with E-state index >= 15 is 0 Å². The largest absolute Gasteiger partial charge is 0.381 e. The molecule has 1 aliphatic rings. The second-order valence-corrected chi connectivity index (χ2v) is 5.03. The number of carbonyl (C=O) groups excluding carboxylic acids is 1. The van der Waals surface area contributed by atoms with Crippen LogP contribution in [0.1, 0.15) is 27.2 Å². The Morgan fingerprint density at radius 2 is 1.88 bits per heavy atom. The van der Waals surface area contributed by atoms with Crippen molar-refractivity contribution in [3.05, 3.63) is 0 Å². The van der Waals surface area contributed by atoms with Gasteiger partial charge in [-0.05, 0) is 12.5 Å². The van der Waals surface area contributed by atoms with Gasteiger partial charge < -0.3 is 14.5 Å². The van der Waals surface area contributed by atoms with E-state index in [9.17, 15) is 4.79 Å². The van der Waals surface area contributed by atoms with Gasteiger partial charge in [0.1, 0.15) is 0 Å². The van der Waals surface area contributed by atoms with Crippen molar-refractivity contribution in [1.29, 1.82) is 0 Å². The fourth-order valence-electron chi connectivity index (χ4n) is 1.95. The van der Waals surface area contributed by atoms with Gasteiger partial charge in [-0.25, -0.2) is 0 Å². The molecule has 0 aromatic heterocycles. The number of carbonyl (C=O) groups is 1. The summed E-state index contributed by atoms with van der Waals surface area (Å²) in [5, 5.41) is 0. The van der Waals surface area contributed by atoms with E-state index in [0.717, 1.165) is 39.3 Å². The molecule has 100 valence electrons. The quantitative estimate of drug-likeness (QED) is 0.656. The highest BCUT2D eigenvalue weighted by Crippen LogP contribution is 2.04. The number of hydrogen-bond acceptors (Lipinski definition) is 3. The molecule has 1 fully saturated rings. The number of ether oxygens (including phenoxy) is 1. The van der Waals surface area contributed by atoms with E-state index in [4.69, 9.17) is 4.74 Å². The standard InChI is InChI=1S/C13H26N2O2/c1-4-14-6-8-15(9-7-14)13(16)5-10-17-11-12(2)3/h12H,4-11H2,1-3H3. The van der Waals surface area contributed by atoms with E-state index in [1.165, 1.54) is 0 Å². The Labute approximate surface area is 105 Å². The van der Waals surface area contributed by atoms with Crippen molar-refractivity contribution in [2.75, 3.05) is 45.9 Å². The number of amides is 1. The lowest BCUT2D eigenvalue weighted by Gasteiger charge is -2.34. The Hall–Kier alpha value is -0.610. The zero-order valence-corrected chi connectivity index (χ0v) is 11.4. The maximum atomic E-state index is 11.9. The van der Waals surface area contributed by atoms with Crippen molar-refractivity contribution in [2.24, 2.45) is 5.92 Å². The molecule has 0 spiro atoms. The Morgan fingerprint density at radius 1 is 1.24 bits per heavy atom. The Balaban J connectivity index is 2.12. The summed E-state index contributed by atoms with van der Waals surface area (Å²) in [5.41, 5.74) is 0. The van der Waals surface area contributed by atoms with Crippen LogP contribution in [-0.2, 0) is 9.53 Å². The average molecular weight is 242 g/mol. The van der Waals surface area contributed by atoms with Gasteiger partial charge in [0.2, 0.25) is 5.91 Å². The van der Waals surface area contributed by atoms with E-state index in [-0.39, 0.29) is 5.91 Å². The molecule has 0 aromatic carbocycles. The zero-order valence-electron chi connectivity index (χ0n) is 11.4. The normalized spacial score (nSPS) is 17.8. The minimum Gasteiger partial charge on any atom is -0.381 e. The number of hydrogen-bond donors (Lipinski definition) is 0. The summed E-state index contributed by atoms with van der Waals surface area (Å²) in [7, 11) is 0. The molecule has 1 amide bonds. The second kappa shape index (κ2) is 7.67. The molecule has 1 heterocycles. The van der Waals surface area contributed by atoms with Crippen LogP contribution in [0.5, 0.6) is 0 Å². The lowest BCUT2D eigenvalue weighted by Crippen LogP contribution is -2.48. The lowest BCUT2D eigenvalue weighted by atomic mass is 10.2. The van der Waals surface area contributed by atoms with Gasteiger partial charge >= 0.3 is 0 Å². The Kier molecular flexibility index (Phi) is 6.52. The fraction of sp³-hybridized carbons (Fsp3) is 0.923. The molecule has 4 nitrogen and oxygen atoms in total. The first kappa shape index (κ1) is 14.5. The van der Waals surface area contributed by atoms with Gasteiger partial charge in [0.15, 0.2) is 0 Å². The monoisotopic (exact) mass is 242 g/mol. The summed E-state index contributed by atoms with van der Waals surface area (Å²) in [6.07, 6.45) is 0.527. The van der Waals surface area contributed by atoms with Crippen LogP contribution in [0.4, 0.5) is 0 Å². The van der Waals surface area contributed by atoms with Crippen molar-refractivity contribution in [1.82, 2.24) is 9.80 Å².